The minimum absolute atomic E-state index is 0.0399. The molecule has 0 bridgehead atoms. The van der Waals surface area contributed by atoms with Crippen molar-refractivity contribution in [2.24, 2.45) is 0 Å². The predicted molar refractivity (Wildman–Crippen MR) is 108 cm³/mol. The van der Waals surface area contributed by atoms with Gasteiger partial charge >= 0.3 is 0 Å². The number of hydrogen-bond acceptors (Lipinski definition) is 7. The highest BCUT2D eigenvalue weighted by Gasteiger charge is 2.29. The van der Waals surface area contributed by atoms with Crippen molar-refractivity contribution in [3.63, 3.8) is 0 Å². The molecule has 3 heterocycles. The summed E-state index contributed by atoms with van der Waals surface area (Å²) >= 11 is 1.29. The van der Waals surface area contributed by atoms with Gasteiger partial charge in [0.2, 0.25) is 5.89 Å². The third-order valence-electron chi connectivity index (χ3n) is 5.19. The first kappa shape index (κ1) is 18.3. The molecule has 1 aliphatic carbocycles. The Hall–Kier alpha value is -2.74. The van der Waals surface area contributed by atoms with E-state index in [0.717, 1.165) is 41.4 Å². The van der Waals surface area contributed by atoms with Crippen molar-refractivity contribution >= 4 is 17.5 Å². The summed E-state index contributed by atoms with van der Waals surface area (Å²) in [5, 5.41) is 8.56. The highest BCUT2D eigenvalue weighted by Crippen LogP contribution is 2.40. The van der Waals surface area contributed by atoms with Crippen molar-refractivity contribution in [1.29, 1.82) is 0 Å². The first-order valence-corrected chi connectivity index (χ1v) is 10.7. The van der Waals surface area contributed by atoms with Gasteiger partial charge in [-0.2, -0.15) is 0 Å². The topological polar surface area (TPSA) is 79.4 Å². The van der Waals surface area contributed by atoms with Gasteiger partial charge in [0.1, 0.15) is 13.2 Å². The number of benzene rings is 1. The normalized spacial score (nSPS) is 15.5. The van der Waals surface area contributed by atoms with Crippen LogP contribution in [0.3, 0.4) is 0 Å². The highest BCUT2D eigenvalue weighted by atomic mass is 32.2. The first-order valence-electron chi connectivity index (χ1n) is 9.68. The average molecular weight is 411 g/mol. The van der Waals surface area contributed by atoms with E-state index in [2.05, 4.69) is 14.8 Å². The van der Waals surface area contributed by atoms with Crippen molar-refractivity contribution < 1.29 is 18.7 Å². The third kappa shape index (κ3) is 3.53. The molecule has 2 aromatic heterocycles. The Morgan fingerprint density at radius 2 is 1.93 bits per heavy atom. The number of fused-ring (bicyclic) bond motifs is 1. The number of ether oxygens (including phenoxy) is 2. The van der Waals surface area contributed by atoms with Crippen LogP contribution < -0.4 is 9.47 Å². The number of hydrogen-bond donors (Lipinski definition) is 0. The Kier molecular flexibility index (Phi) is 4.58. The van der Waals surface area contributed by atoms with Crippen LogP contribution in [0.25, 0.3) is 5.69 Å². The first-order chi connectivity index (χ1) is 14.1. The van der Waals surface area contributed by atoms with Crippen molar-refractivity contribution in [2.45, 2.75) is 37.8 Å². The number of thioether (sulfide) groups is 1. The summed E-state index contributed by atoms with van der Waals surface area (Å²) < 4.78 is 19.0. The van der Waals surface area contributed by atoms with Crippen LogP contribution in [0.15, 0.2) is 33.9 Å². The summed E-state index contributed by atoms with van der Waals surface area (Å²) in [5.74, 6) is 2.89. The highest BCUT2D eigenvalue weighted by molar-refractivity contribution is 7.99. The van der Waals surface area contributed by atoms with E-state index < -0.39 is 0 Å². The molecular formula is C21H21N3O4S. The minimum Gasteiger partial charge on any atom is -0.486 e. The van der Waals surface area contributed by atoms with Gasteiger partial charge in [0.05, 0.1) is 5.75 Å². The zero-order valence-corrected chi connectivity index (χ0v) is 17.1. The monoisotopic (exact) mass is 411 g/mol. The fourth-order valence-electron chi connectivity index (χ4n) is 3.59. The molecule has 3 aromatic rings. The molecule has 0 spiro atoms. The second kappa shape index (κ2) is 7.26. The van der Waals surface area contributed by atoms with E-state index in [0.29, 0.717) is 35.8 Å². The fraction of sp³-hybridized carbons (Fsp3) is 0.381. The van der Waals surface area contributed by atoms with Gasteiger partial charge < -0.3 is 18.5 Å². The summed E-state index contributed by atoms with van der Waals surface area (Å²) in [7, 11) is 0. The van der Waals surface area contributed by atoms with Crippen LogP contribution in [-0.4, -0.2) is 39.5 Å². The van der Waals surface area contributed by atoms with E-state index in [9.17, 15) is 4.79 Å². The minimum atomic E-state index is 0.0399. The van der Waals surface area contributed by atoms with Crippen molar-refractivity contribution in [3.05, 3.63) is 47.1 Å². The third-order valence-corrected chi connectivity index (χ3v) is 6.01. The van der Waals surface area contributed by atoms with E-state index in [4.69, 9.17) is 13.9 Å². The Balaban J connectivity index is 1.35. The number of Topliss-reactive ketones (excluding diaryl/α,β-unsaturated/α-hetero) is 1. The summed E-state index contributed by atoms with van der Waals surface area (Å²) in [6, 6.07) is 7.77. The van der Waals surface area contributed by atoms with Gasteiger partial charge in [-0.25, -0.2) is 0 Å². The van der Waals surface area contributed by atoms with Gasteiger partial charge in [-0.15, -0.1) is 10.2 Å². The molecule has 0 atom stereocenters. The van der Waals surface area contributed by atoms with E-state index in [-0.39, 0.29) is 11.5 Å². The molecule has 2 aliphatic rings. The zero-order chi connectivity index (χ0) is 20.0. The molecule has 1 aliphatic heterocycles. The van der Waals surface area contributed by atoms with Gasteiger partial charge in [0.15, 0.2) is 17.3 Å². The van der Waals surface area contributed by atoms with E-state index in [1.165, 1.54) is 11.8 Å². The molecule has 1 aromatic carbocycles. The number of carbonyl (C=O) groups is 1. The van der Waals surface area contributed by atoms with E-state index in [1.54, 1.807) is 0 Å². The quantitative estimate of drug-likeness (QED) is 0.446. The molecule has 150 valence electrons. The maximum Gasteiger partial charge on any atom is 0.277 e. The molecule has 8 heteroatoms. The average Bonchev–Trinajstić information content (AvgIpc) is 3.40. The van der Waals surface area contributed by atoms with Crippen LogP contribution in [0, 0.1) is 13.8 Å². The molecular weight excluding hydrogens is 390 g/mol. The maximum absolute atomic E-state index is 12.9. The number of aryl methyl sites for hydroxylation is 1. The molecule has 7 nitrogen and oxygen atoms in total. The molecule has 29 heavy (non-hydrogen) atoms. The number of aromatic nitrogens is 3. The Labute approximate surface area is 172 Å². The summed E-state index contributed by atoms with van der Waals surface area (Å²) in [5.41, 5.74) is 3.53. The predicted octanol–water partition coefficient (Wildman–Crippen LogP) is 4.10. The summed E-state index contributed by atoms with van der Waals surface area (Å²) in [6.07, 6.45) is 2.22. The molecule has 0 N–H and O–H groups in total. The van der Waals surface area contributed by atoms with Gasteiger partial charge in [-0.05, 0) is 44.9 Å². The number of nitrogens with zero attached hydrogens (tertiary/aromatic N) is 3. The van der Waals surface area contributed by atoms with Gasteiger partial charge in [0, 0.05) is 34.6 Å². The van der Waals surface area contributed by atoms with Crippen LogP contribution in [-0.2, 0) is 0 Å². The lowest BCUT2D eigenvalue weighted by Gasteiger charge is -2.20. The summed E-state index contributed by atoms with van der Waals surface area (Å²) in [6.45, 7) is 5.05. The molecule has 5 rings (SSSR count). The Morgan fingerprint density at radius 3 is 2.72 bits per heavy atom. The molecule has 1 fully saturated rings. The molecule has 0 radical (unpaired) electrons. The molecule has 0 amide bonds. The van der Waals surface area contributed by atoms with Crippen molar-refractivity contribution in [1.82, 2.24) is 14.8 Å². The smallest absolute Gasteiger partial charge is 0.277 e. The number of ketones is 1. The van der Waals surface area contributed by atoms with Crippen molar-refractivity contribution in [3.8, 4) is 17.2 Å². The van der Waals surface area contributed by atoms with E-state index in [1.807, 2.05) is 38.1 Å². The lowest BCUT2D eigenvalue weighted by atomic mass is 10.2. The van der Waals surface area contributed by atoms with Crippen LogP contribution in [0.2, 0.25) is 0 Å². The number of carbonyl (C=O) groups excluding carboxylic acids is 1. The number of rotatable bonds is 6. The van der Waals surface area contributed by atoms with Crippen LogP contribution in [0.5, 0.6) is 11.5 Å². The standard InChI is InChI=1S/C21H21N3O4S/c1-12-9-16(17(25)11-29-21-23-22-20(28-21)14-3-4-14)13(2)24(12)15-5-6-18-19(10-15)27-8-7-26-18/h5-6,9-10,14H,3-4,7-8,11H2,1-2H3. The Bertz CT molecular complexity index is 1080. The largest absolute Gasteiger partial charge is 0.486 e. The zero-order valence-electron chi connectivity index (χ0n) is 16.3. The lowest BCUT2D eigenvalue weighted by molar-refractivity contribution is 0.102. The van der Waals surface area contributed by atoms with Crippen LogP contribution >= 0.6 is 11.8 Å². The SMILES string of the molecule is Cc1cc(C(=O)CSc2nnc(C3CC3)o2)c(C)n1-c1ccc2c(c1)OCCO2. The van der Waals surface area contributed by atoms with E-state index >= 15 is 0 Å². The molecule has 0 saturated heterocycles. The maximum atomic E-state index is 12.9. The van der Waals surface area contributed by atoms with Gasteiger partial charge in [-0.3, -0.25) is 4.79 Å². The van der Waals surface area contributed by atoms with Gasteiger partial charge in [-0.1, -0.05) is 11.8 Å². The molecule has 0 unspecified atom stereocenters. The van der Waals surface area contributed by atoms with Crippen LogP contribution in [0.1, 0.15) is 46.4 Å². The second-order valence-electron chi connectivity index (χ2n) is 7.34. The fourth-order valence-corrected chi connectivity index (χ4v) is 4.25. The second-order valence-corrected chi connectivity index (χ2v) is 8.27. The van der Waals surface area contributed by atoms with Crippen molar-refractivity contribution in [2.75, 3.05) is 19.0 Å². The van der Waals surface area contributed by atoms with Gasteiger partial charge in [0.25, 0.3) is 5.22 Å². The van der Waals surface area contributed by atoms with Crippen LogP contribution in [0.4, 0.5) is 0 Å². The summed E-state index contributed by atoms with van der Waals surface area (Å²) in [4.78, 5) is 12.9. The molecule has 1 saturated carbocycles. The Morgan fingerprint density at radius 1 is 1.14 bits per heavy atom. The lowest BCUT2D eigenvalue weighted by Crippen LogP contribution is -2.15.